The maximum absolute atomic E-state index is 12.9. The first-order valence-electron chi connectivity index (χ1n) is 8.13. The molecule has 2 fully saturated rings. The lowest BCUT2D eigenvalue weighted by atomic mass is 9.92. The summed E-state index contributed by atoms with van der Waals surface area (Å²) in [5.74, 6) is 0.589. The molecule has 2 heterocycles. The van der Waals surface area contributed by atoms with Gasteiger partial charge in [0.15, 0.2) is 5.60 Å². The molecule has 0 N–H and O–H groups in total. The number of rotatable bonds is 3. The Morgan fingerprint density at radius 1 is 1.36 bits per heavy atom. The molecule has 120 valence electrons. The zero-order valence-electron chi connectivity index (χ0n) is 13.5. The fourth-order valence-corrected chi connectivity index (χ4v) is 3.64. The zero-order valence-corrected chi connectivity index (χ0v) is 13.5. The highest BCUT2D eigenvalue weighted by molar-refractivity contribution is 5.85. The third kappa shape index (κ3) is 2.90. The van der Waals surface area contributed by atoms with Crippen molar-refractivity contribution in [2.75, 3.05) is 33.4 Å². The Morgan fingerprint density at radius 3 is 2.82 bits per heavy atom. The molecule has 22 heavy (non-hydrogen) atoms. The highest BCUT2D eigenvalue weighted by Gasteiger charge is 2.44. The van der Waals surface area contributed by atoms with Gasteiger partial charge in [-0.1, -0.05) is 29.8 Å². The molecular formula is C18H25NO3. The van der Waals surface area contributed by atoms with Gasteiger partial charge in [0, 0.05) is 52.2 Å². The molecule has 1 atom stereocenters. The Kier molecular flexibility index (Phi) is 4.50. The van der Waals surface area contributed by atoms with Gasteiger partial charge in [0.2, 0.25) is 0 Å². The predicted molar refractivity (Wildman–Crippen MR) is 84.9 cm³/mol. The predicted octanol–water partition coefficient (Wildman–Crippen LogP) is 2.51. The van der Waals surface area contributed by atoms with Crippen LogP contribution in [-0.2, 0) is 14.3 Å². The van der Waals surface area contributed by atoms with Crippen LogP contribution in [-0.4, -0.2) is 49.8 Å². The first-order valence-corrected chi connectivity index (χ1v) is 8.13. The van der Waals surface area contributed by atoms with Crippen LogP contribution in [0.15, 0.2) is 24.3 Å². The number of hydrogen-bond acceptors (Lipinski definition) is 3. The van der Waals surface area contributed by atoms with Crippen LogP contribution >= 0.6 is 0 Å². The van der Waals surface area contributed by atoms with Crippen molar-refractivity contribution < 1.29 is 14.3 Å². The topological polar surface area (TPSA) is 38.8 Å². The summed E-state index contributed by atoms with van der Waals surface area (Å²) in [5, 5.41) is 0. The highest BCUT2D eigenvalue weighted by atomic mass is 16.5. The fraction of sp³-hybridized carbons (Fsp3) is 0.611. The summed E-state index contributed by atoms with van der Waals surface area (Å²) >= 11 is 0. The number of hydrogen-bond donors (Lipinski definition) is 0. The number of carbonyl (C=O) groups is 1. The van der Waals surface area contributed by atoms with Crippen LogP contribution < -0.4 is 0 Å². The lowest BCUT2D eigenvalue weighted by Crippen LogP contribution is -2.52. The van der Waals surface area contributed by atoms with E-state index in [9.17, 15) is 4.79 Å². The van der Waals surface area contributed by atoms with Gasteiger partial charge < -0.3 is 14.4 Å². The molecule has 0 radical (unpaired) electrons. The fourth-order valence-electron chi connectivity index (χ4n) is 3.64. The van der Waals surface area contributed by atoms with Crippen molar-refractivity contribution in [1.29, 1.82) is 0 Å². The molecule has 0 aromatic heterocycles. The van der Waals surface area contributed by atoms with E-state index in [0.717, 1.165) is 19.5 Å². The van der Waals surface area contributed by atoms with Crippen LogP contribution in [0.4, 0.5) is 0 Å². The van der Waals surface area contributed by atoms with E-state index in [1.807, 2.05) is 4.90 Å². The lowest BCUT2D eigenvalue weighted by Gasteiger charge is -2.37. The van der Waals surface area contributed by atoms with E-state index in [2.05, 4.69) is 31.2 Å². The van der Waals surface area contributed by atoms with E-state index < -0.39 is 5.60 Å². The van der Waals surface area contributed by atoms with Crippen molar-refractivity contribution in [2.24, 2.45) is 0 Å². The second kappa shape index (κ2) is 6.39. The molecule has 3 rings (SSSR count). The van der Waals surface area contributed by atoms with Gasteiger partial charge >= 0.3 is 0 Å². The minimum absolute atomic E-state index is 0.147. The van der Waals surface area contributed by atoms with Gasteiger partial charge in [-0.25, -0.2) is 0 Å². The van der Waals surface area contributed by atoms with Crippen molar-refractivity contribution in [3.63, 3.8) is 0 Å². The Balaban J connectivity index is 1.70. The van der Waals surface area contributed by atoms with Gasteiger partial charge in [0.1, 0.15) is 0 Å². The zero-order chi connectivity index (χ0) is 15.6. The molecule has 2 aliphatic rings. The summed E-state index contributed by atoms with van der Waals surface area (Å²) in [6.45, 7) is 4.95. The van der Waals surface area contributed by atoms with Gasteiger partial charge in [-0.15, -0.1) is 0 Å². The lowest BCUT2D eigenvalue weighted by molar-refractivity contribution is -0.165. The molecule has 2 saturated heterocycles. The highest BCUT2D eigenvalue weighted by Crippen LogP contribution is 2.33. The standard InChI is InChI=1S/C18H25NO3/c1-14-4-3-5-15(12-14)16-6-9-19(13-16)17(20)18(21-2)7-10-22-11-8-18/h3-5,12,16H,6-11,13H2,1-2H3. The number of amides is 1. The van der Waals surface area contributed by atoms with E-state index in [-0.39, 0.29) is 5.91 Å². The molecule has 2 aliphatic heterocycles. The van der Waals surface area contributed by atoms with Gasteiger partial charge in [0.25, 0.3) is 5.91 Å². The maximum Gasteiger partial charge on any atom is 0.255 e. The minimum Gasteiger partial charge on any atom is -0.381 e. The van der Waals surface area contributed by atoms with Crippen LogP contribution in [0, 0.1) is 6.92 Å². The summed E-state index contributed by atoms with van der Waals surface area (Å²) < 4.78 is 11.0. The van der Waals surface area contributed by atoms with Gasteiger partial charge in [-0.05, 0) is 18.9 Å². The summed E-state index contributed by atoms with van der Waals surface area (Å²) in [6, 6.07) is 8.62. The monoisotopic (exact) mass is 303 g/mol. The number of methoxy groups -OCH3 is 1. The third-order valence-corrected chi connectivity index (χ3v) is 5.07. The van der Waals surface area contributed by atoms with Gasteiger partial charge in [-0.2, -0.15) is 0 Å². The van der Waals surface area contributed by atoms with Crippen LogP contribution in [0.1, 0.15) is 36.3 Å². The molecule has 0 saturated carbocycles. The number of nitrogens with zero attached hydrogens (tertiary/aromatic N) is 1. The number of benzene rings is 1. The normalized spacial score (nSPS) is 24.5. The maximum atomic E-state index is 12.9. The molecule has 1 aromatic rings. The molecule has 0 bridgehead atoms. The molecule has 1 amide bonds. The average Bonchev–Trinajstić information content (AvgIpc) is 3.04. The van der Waals surface area contributed by atoms with Crippen molar-refractivity contribution in [3.8, 4) is 0 Å². The Labute approximate surface area is 132 Å². The van der Waals surface area contributed by atoms with Crippen LogP contribution in [0.5, 0.6) is 0 Å². The van der Waals surface area contributed by atoms with E-state index in [1.54, 1.807) is 7.11 Å². The molecule has 1 aromatic carbocycles. The number of ether oxygens (including phenoxy) is 2. The molecular weight excluding hydrogens is 278 g/mol. The second-order valence-electron chi connectivity index (χ2n) is 6.46. The molecule has 4 nitrogen and oxygen atoms in total. The van der Waals surface area contributed by atoms with Crippen molar-refractivity contribution in [3.05, 3.63) is 35.4 Å². The van der Waals surface area contributed by atoms with E-state index in [1.165, 1.54) is 11.1 Å². The van der Waals surface area contributed by atoms with Gasteiger partial charge in [0.05, 0.1) is 0 Å². The summed E-state index contributed by atoms with van der Waals surface area (Å²) in [5.41, 5.74) is 1.95. The Hall–Kier alpha value is -1.39. The van der Waals surface area contributed by atoms with Crippen LogP contribution in [0.25, 0.3) is 0 Å². The van der Waals surface area contributed by atoms with Crippen molar-refractivity contribution >= 4 is 5.91 Å². The Morgan fingerprint density at radius 2 is 2.14 bits per heavy atom. The second-order valence-corrected chi connectivity index (χ2v) is 6.46. The first-order chi connectivity index (χ1) is 10.6. The minimum atomic E-state index is -0.667. The quantitative estimate of drug-likeness (QED) is 0.861. The van der Waals surface area contributed by atoms with Crippen molar-refractivity contribution in [1.82, 2.24) is 4.90 Å². The summed E-state index contributed by atoms with van der Waals surface area (Å²) in [4.78, 5) is 14.9. The summed E-state index contributed by atoms with van der Waals surface area (Å²) in [7, 11) is 1.65. The number of carbonyl (C=O) groups excluding carboxylic acids is 1. The Bertz CT molecular complexity index is 537. The van der Waals surface area contributed by atoms with Crippen LogP contribution in [0.3, 0.4) is 0 Å². The SMILES string of the molecule is COC1(C(=O)N2CCC(c3cccc(C)c3)C2)CCOCC1. The molecule has 0 spiro atoms. The van der Waals surface area contributed by atoms with Gasteiger partial charge in [-0.3, -0.25) is 4.79 Å². The third-order valence-electron chi connectivity index (χ3n) is 5.07. The van der Waals surface area contributed by atoms with Crippen molar-refractivity contribution in [2.45, 2.75) is 37.7 Å². The first kappa shape index (κ1) is 15.5. The smallest absolute Gasteiger partial charge is 0.255 e. The summed E-state index contributed by atoms with van der Waals surface area (Å²) in [6.07, 6.45) is 2.35. The largest absolute Gasteiger partial charge is 0.381 e. The number of likely N-dealkylation sites (tertiary alicyclic amines) is 1. The molecule has 1 unspecified atom stereocenters. The molecule has 4 heteroatoms. The van der Waals surface area contributed by atoms with Crippen LogP contribution in [0.2, 0.25) is 0 Å². The number of aryl methyl sites for hydroxylation is 1. The van der Waals surface area contributed by atoms with E-state index in [0.29, 0.717) is 32.0 Å². The molecule has 0 aliphatic carbocycles. The van der Waals surface area contributed by atoms with E-state index in [4.69, 9.17) is 9.47 Å². The van der Waals surface area contributed by atoms with E-state index >= 15 is 0 Å². The average molecular weight is 303 g/mol.